The first-order valence-electron chi connectivity index (χ1n) is 12.9. The number of anilines is 1. The Morgan fingerprint density at radius 3 is 2.42 bits per heavy atom. The lowest BCUT2D eigenvalue weighted by molar-refractivity contribution is -0.130. The van der Waals surface area contributed by atoms with E-state index in [4.69, 9.17) is 9.16 Å². The minimum Gasteiger partial charge on any atom is -0.465 e. The Balaban J connectivity index is 1.81. The van der Waals surface area contributed by atoms with Crippen LogP contribution in [0.2, 0.25) is 18.1 Å². The van der Waals surface area contributed by atoms with Gasteiger partial charge in [-0.1, -0.05) is 63.2 Å². The third-order valence-corrected chi connectivity index (χ3v) is 11.8. The van der Waals surface area contributed by atoms with Gasteiger partial charge in [0.15, 0.2) is 14.1 Å². The van der Waals surface area contributed by atoms with E-state index in [1.165, 1.54) is 30.0 Å². The maximum Gasteiger partial charge on any atom is 0.412 e. The first-order chi connectivity index (χ1) is 18.6. The molecule has 2 aromatic rings. The lowest BCUT2D eigenvalue weighted by atomic mass is 9.86. The molecule has 1 aliphatic heterocycles. The van der Waals surface area contributed by atoms with Crippen LogP contribution in [0.5, 0.6) is 0 Å². The molecule has 216 valence electrons. The van der Waals surface area contributed by atoms with E-state index in [1.807, 2.05) is 18.2 Å². The second-order valence-corrected chi connectivity index (χ2v) is 16.1. The van der Waals surface area contributed by atoms with Gasteiger partial charge in [-0.05, 0) is 36.7 Å². The molecule has 0 spiro atoms. The van der Waals surface area contributed by atoms with Gasteiger partial charge in [-0.2, -0.15) is 0 Å². The predicted molar refractivity (Wildman–Crippen MR) is 152 cm³/mol. The number of halogens is 1. The van der Waals surface area contributed by atoms with Crippen LogP contribution in [0.3, 0.4) is 0 Å². The summed E-state index contributed by atoms with van der Waals surface area (Å²) >= 11 is 0. The average Bonchev–Trinajstić information content (AvgIpc) is 2.85. The number of hydrogen-bond acceptors (Lipinski definition) is 6. The van der Waals surface area contributed by atoms with E-state index in [0.29, 0.717) is 0 Å². The third-order valence-electron chi connectivity index (χ3n) is 7.24. The third kappa shape index (κ3) is 7.45. The molecular weight excluding hydrogens is 535 g/mol. The standard InChI is InChI=1S/C28H37FN4O6Si/c1-27(2,3)40(5,6)39-16-15-33-22(34)17-28(4,32-24(33)31-25(35)36)20-13-10-14-21(23(20)29)30-26(37)38-18-19-11-8-7-9-12-19/h7-14H,15-18H2,1-6H3,(H,30,37)(H,31,32)(H,35,36)/t28-/m0/s1. The molecule has 3 rings (SSSR count). The van der Waals surface area contributed by atoms with Crippen molar-refractivity contribution in [1.29, 1.82) is 0 Å². The minimum atomic E-state index is -2.11. The normalized spacial score (nSPS) is 17.7. The number of benzene rings is 2. The monoisotopic (exact) mass is 572 g/mol. The predicted octanol–water partition coefficient (Wildman–Crippen LogP) is 5.67. The first kappa shape index (κ1) is 30.8. The second kappa shape index (κ2) is 12.2. The molecule has 10 nitrogen and oxygen atoms in total. The van der Waals surface area contributed by atoms with Crippen molar-refractivity contribution >= 4 is 38.1 Å². The van der Waals surface area contributed by atoms with E-state index in [9.17, 15) is 19.5 Å². The summed E-state index contributed by atoms with van der Waals surface area (Å²) in [5.41, 5.74) is -0.811. The number of carboxylic acid groups (broad SMARTS) is 1. The summed E-state index contributed by atoms with van der Waals surface area (Å²) in [5.74, 6) is -1.46. The molecule has 0 aliphatic carbocycles. The van der Waals surface area contributed by atoms with Crippen LogP contribution in [0.15, 0.2) is 53.5 Å². The number of nitrogens with zero attached hydrogens (tertiary/aromatic N) is 2. The van der Waals surface area contributed by atoms with Crippen molar-refractivity contribution in [2.45, 2.75) is 64.4 Å². The number of carbonyl (C=O) groups is 3. The van der Waals surface area contributed by atoms with Gasteiger partial charge >= 0.3 is 12.2 Å². The van der Waals surface area contributed by atoms with E-state index in [1.54, 1.807) is 12.1 Å². The van der Waals surface area contributed by atoms with Crippen LogP contribution >= 0.6 is 0 Å². The summed E-state index contributed by atoms with van der Waals surface area (Å²) in [5, 5.41) is 13.9. The Labute approximate surface area is 234 Å². The van der Waals surface area contributed by atoms with Gasteiger partial charge in [-0.15, -0.1) is 0 Å². The Morgan fingerprint density at radius 2 is 1.80 bits per heavy atom. The van der Waals surface area contributed by atoms with Gasteiger partial charge in [-0.3, -0.25) is 20.3 Å². The second-order valence-electron chi connectivity index (χ2n) is 11.3. The molecule has 0 aromatic heterocycles. The quantitative estimate of drug-likeness (QED) is 0.350. The van der Waals surface area contributed by atoms with Gasteiger partial charge in [-0.25, -0.2) is 19.0 Å². The Hall–Kier alpha value is -3.77. The van der Waals surface area contributed by atoms with Crippen molar-refractivity contribution in [2.24, 2.45) is 4.99 Å². The molecule has 2 aromatic carbocycles. The van der Waals surface area contributed by atoms with Crippen LogP contribution < -0.4 is 10.6 Å². The highest BCUT2D eigenvalue weighted by molar-refractivity contribution is 6.74. The van der Waals surface area contributed by atoms with Gasteiger partial charge in [0.05, 0.1) is 30.8 Å². The summed E-state index contributed by atoms with van der Waals surface area (Å²) in [4.78, 5) is 42.9. The van der Waals surface area contributed by atoms with E-state index < -0.39 is 37.8 Å². The molecule has 3 N–H and O–H groups in total. The lowest BCUT2D eigenvalue weighted by Gasteiger charge is -2.39. The van der Waals surface area contributed by atoms with Crippen LogP contribution in [0.4, 0.5) is 19.7 Å². The summed E-state index contributed by atoms with van der Waals surface area (Å²) in [7, 11) is -2.11. The molecular formula is C28H37FN4O6Si. The molecule has 0 unspecified atom stereocenters. The van der Waals surface area contributed by atoms with E-state index in [0.717, 1.165) is 5.56 Å². The number of rotatable bonds is 8. The Bertz CT molecular complexity index is 1280. The van der Waals surface area contributed by atoms with Gasteiger partial charge < -0.3 is 14.3 Å². The molecule has 1 heterocycles. The highest BCUT2D eigenvalue weighted by Gasteiger charge is 2.42. The summed E-state index contributed by atoms with van der Waals surface area (Å²) < 4.78 is 27.0. The molecule has 0 saturated heterocycles. The van der Waals surface area contributed by atoms with Crippen LogP contribution in [0.1, 0.15) is 45.2 Å². The number of nitrogens with one attached hydrogen (secondary N) is 2. The average molecular weight is 573 g/mol. The molecule has 0 radical (unpaired) electrons. The zero-order valence-electron chi connectivity index (χ0n) is 23.7. The molecule has 12 heteroatoms. The summed E-state index contributed by atoms with van der Waals surface area (Å²) in [6.45, 7) is 12.2. The zero-order valence-corrected chi connectivity index (χ0v) is 24.7. The number of hydrogen-bond donors (Lipinski definition) is 3. The molecule has 0 bridgehead atoms. The molecule has 3 amide bonds. The van der Waals surface area contributed by atoms with E-state index in [-0.39, 0.29) is 48.4 Å². The Kier molecular flexibility index (Phi) is 9.36. The molecule has 1 aliphatic rings. The maximum absolute atomic E-state index is 15.7. The van der Waals surface area contributed by atoms with Crippen molar-refractivity contribution in [3.8, 4) is 0 Å². The molecule has 0 saturated carbocycles. The van der Waals surface area contributed by atoms with Gasteiger partial charge in [0.2, 0.25) is 11.9 Å². The Morgan fingerprint density at radius 1 is 1.12 bits per heavy atom. The number of guanidine groups is 1. The molecule has 40 heavy (non-hydrogen) atoms. The maximum atomic E-state index is 15.7. The van der Waals surface area contributed by atoms with Crippen LogP contribution in [-0.2, 0) is 26.1 Å². The lowest BCUT2D eigenvalue weighted by Crippen LogP contribution is -2.54. The first-order valence-corrected chi connectivity index (χ1v) is 15.8. The van der Waals surface area contributed by atoms with E-state index >= 15 is 4.39 Å². The number of ether oxygens (including phenoxy) is 1. The van der Waals surface area contributed by atoms with Crippen molar-refractivity contribution in [1.82, 2.24) is 10.2 Å². The summed E-state index contributed by atoms with van der Waals surface area (Å²) in [6, 6.07) is 13.4. The largest absolute Gasteiger partial charge is 0.465 e. The van der Waals surface area contributed by atoms with Crippen LogP contribution in [-0.4, -0.2) is 55.5 Å². The molecule has 1 atom stereocenters. The van der Waals surface area contributed by atoms with Crippen molar-refractivity contribution in [3.63, 3.8) is 0 Å². The number of aliphatic imine (C=N–C) groups is 1. The smallest absolute Gasteiger partial charge is 0.412 e. The summed E-state index contributed by atoms with van der Waals surface area (Å²) in [6.07, 6.45) is -2.49. The fraction of sp³-hybridized carbons (Fsp3) is 0.429. The van der Waals surface area contributed by atoms with Crippen molar-refractivity contribution < 1.29 is 33.0 Å². The highest BCUT2D eigenvalue weighted by Crippen LogP contribution is 2.38. The van der Waals surface area contributed by atoms with Gasteiger partial charge in [0, 0.05) is 5.56 Å². The fourth-order valence-electron chi connectivity index (χ4n) is 3.94. The minimum absolute atomic E-state index is 0.00365. The van der Waals surface area contributed by atoms with Crippen molar-refractivity contribution in [3.05, 3.63) is 65.5 Å². The number of amides is 3. The van der Waals surface area contributed by atoms with E-state index in [2.05, 4.69) is 49.5 Å². The topological polar surface area (TPSA) is 130 Å². The van der Waals surface area contributed by atoms with Crippen molar-refractivity contribution in [2.75, 3.05) is 18.5 Å². The molecule has 0 fully saturated rings. The fourth-order valence-corrected chi connectivity index (χ4v) is 4.98. The zero-order chi connectivity index (χ0) is 29.7. The van der Waals surface area contributed by atoms with Gasteiger partial charge in [0.25, 0.3) is 0 Å². The van der Waals surface area contributed by atoms with Gasteiger partial charge in [0.1, 0.15) is 6.61 Å². The van der Waals surface area contributed by atoms with Crippen LogP contribution in [0.25, 0.3) is 0 Å². The van der Waals surface area contributed by atoms with Crippen LogP contribution in [0, 0.1) is 5.82 Å². The highest BCUT2D eigenvalue weighted by atomic mass is 28.4. The number of carbonyl (C=O) groups excluding carboxylic acids is 2. The SMILES string of the molecule is CC(C)(C)[Si](C)(C)OCCN1C(=O)C[C@@](C)(c2cccc(NC(=O)OCc3ccccc3)c2F)N=C1NC(=O)O.